The summed E-state index contributed by atoms with van der Waals surface area (Å²) in [4.78, 5) is 8.15. The number of rotatable bonds is 11. The number of halogens is 2. The number of hydrogen-bond acceptors (Lipinski definition) is 3. The molecule has 0 bridgehead atoms. The molecule has 0 aliphatic rings. The van der Waals surface area contributed by atoms with E-state index in [2.05, 4.69) is 54.6 Å². The van der Waals surface area contributed by atoms with Crippen LogP contribution in [0.4, 0.5) is 5.69 Å². The lowest BCUT2D eigenvalue weighted by molar-refractivity contribution is 0.180. The lowest BCUT2D eigenvalue weighted by atomic mass is 10.1. The highest BCUT2D eigenvalue weighted by molar-refractivity contribution is 5.85. The van der Waals surface area contributed by atoms with Crippen LogP contribution in [-0.2, 0) is 17.9 Å². The van der Waals surface area contributed by atoms with Gasteiger partial charge in [-0.2, -0.15) is 0 Å². The minimum Gasteiger partial charge on any atom is -0.303 e. The third kappa shape index (κ3) is 9.44. The van der Waals surface area contributed by atoms with Crippen molar-refractivity contribution in [3.63, 3.8) is 0 Å². The van der Waals surface area contributed by atoms with Crippen molar-refractivity contribution in [2.45, 2.75) is 39.7 Å². The molecule has 3 nitrogen and oxygen atoms in total. The molecule has 146 valence electrons. The number of benzene rings is 2. The average molecular weight is 399 g/mol. The van der Waals surface area contributed by atoms with Crippen LogP contribution >= 0.6 is 24.8 Å². The van der Waals surface area contributed by atoms with E-state index in [4.69, 9.17) is 4.84 Å². The molecule has 1 N–H and O–H groups in total. The first-order valence-corrected chi connectivity index (χ1v) is 9.04. The van der Waals surface area contributed by atoms with Gasteiger partial charge in [0.25, 0.3) is 0 Å². The Morgan fingerprint density at radius 3 is 2.12 bits per heavy atom. The minimum atomic E-state index is 0. The molecule has 0 radical (unpaired) electrons. The van der Waals surface area contributed by atoms with E-state index in [-0.39, 0.29) is 24.8 Å². The number of nitrogens with one attached hydrogen (secondary N) is 1. The van der Waals surface area contributed by atoms with E-state index in [1.807, 2.05) is 24.3 Å². The highest BCUT2D eigenvalue weighted by atomic mass is 35.5. The Labute approximate surface area is 170 Å². The molecule has 0 aromatic heterocycles. The number of nitrogens with zero attached hydrogens (tertiary/aromatic N) is 1. The maximum absolute atomic E-state index is 5.60. The minimum absolute atomic E-state index is 0. The Hall–Kier alpha value is -1.26. The van der Waals surface area contributed by atoms with Crippen molar-refractivity contribution >= 4 is 30.5 Å². The van der Waals surface area contributed by atoms with Crippen molar-refractivity contribution in [2.24, 2.45) is 0 Å². The van der Waals surface area contributed by atoms with E-state index in [9.17, 15) is 0 Å². The van der Waals surface area contributed by atoms with Gasteiger partial charge in [-0.3, -0.25) is 10.3 Å². The first kappa shape index (κ1) is 24.7. The fraction of sp³-hybridized carbons (Fsp3) is 0.429. The quantitative estimate of drug-likeness (QED) is 0.488. The van der Waals surface area contributed by atoms with Crippen LogP contribution in [-0.4, -0.2) is 24.5 Å². The van der Waals surface area contributed by atoms with Gasteiger partial charge in [0.2, 0.25) is 0 Å². The highest BCUT2D eigenvalue weighted by Crippen LogP contribution is 2.13. The third-order valence-corrected chi connectivity index (χ3v) is 4.00. The molecule has 0 aliphatic carbocycles. The molecule has 0 unspecified atom stereocenters. The van der Waals surface area contributed by atoms with Crippen LogP contribution in [0.3, 0.4) is 0 Å². The van der Waals surface area contributed by atoms with Crippen LogP contribution in [0.5, 0.6) is 0 Å². The summed E-state index contributed by atoms with van der Waals surface area (Å²) in [6.45, 7) is 8.55. The summed E-state index contributed by atoms with van der Waals surface area (Å²) in [7, 11) is 0. The van der Waals surface area contributed by atoms with Gasteiger partial charge in [0.15, 0.2) is 0 Å². The van der Waals surface area contributed by atoms with Gasteiger partial charge in [-0.15, -0.1) is 24.8 Å². The molecule has 0 spiro atoms. The van der Waals surface area contributed by atoms with Gasteiger partial charge in [0, 0.05) is 6.54 Å². The van der Waals surface area contributed by atoms with E-state index in [1.165, 1.54) is 31.5 Å². The van der Waals surface area contributed by atoms with Crippen LogP contribution in [0.25, 0.3) is 0 Å². The smallest absolute Gasteiger partial charge is 0.0996 e. The number of hydrogen-bond donors (Lipinski definition) is 1. The van der Waals surface area contributed by atoms with Gasteiger partial charge < -0.3 is 4.90 Å². The van der Waals surface area contributed by atoms with Crippen LogP contribution in [0.15, 0.2) is 54.6 Å². The Morgan fingerprint density at radius 2 is 1.46 bits per heavy atom. The maximum Gasteiger partial charge on any atom is 0.0996 e. The van der Waals surface area contributed by atoms with Crippen molar-refractivity contribution in [1.29, 1.82) is 0 Å². The Bertz CT molecular complexity index is 575. The second kappa shape index (κ2) is 14.9. The predicted molar refractivity (Wildman–Crippen MR) is 117 cm³/mol. The largest absolute Gasteiger partial charge is 0.303 e. The molecular formula is C21H32Cl2N2O. The van der Waals surface area contributed by atoms with Gasteiger partial charge in [-0.1, -0.05) is 56.3 Å². The van der Waals surface area contributed by atoms with E-state index in [0.717, 1.165) is 24.2 Å². The van der Waals surface area contributed by atoms with Gasteiger partial charge in [0.1, 0.15) is 0 Å². The van der Waals surface area contributed by atoms with Gasteiger partial charge in [-0.05, 0) is 55.6 Å². The van der Waals surface area contributed by atoms with Gasteiger partial charge >= 0.3 is 0 Å². The summed E-state index contributed by atoms with van der Waals surface area (Å²) < 4.78 is 0. The van der Waals surface area contributed by atoms with E-state index < -0.39 is 0 Å². The lowest BCUT2D eigenvalue weighted by Gasteiger charge is -2.21. The monoisotopic (exact) mass is 398 g/mol. The summed E-state index contributed by atoms with van der Waals surface area (Å²) in [6.07, 6.45) is 3.51. The summed E-state index contributed by atoms with van der Waals surface area (Å²) in [5, 5.41) is 0. The van der Waals surface area contributed by atoms with Gasteiger partial charge in [-0.25, -0.2) is 0 Å². The molecule has 2 aromatic rings. The molecule has 0 saturated carbocycles. The molecule has 0 aliphatic heterocycles. The Balaban J connectivity index is 0.00000312. The zero-order valence-corrected chi connectivity index (χ0v) is 17.5. The normalized spacial score (nSPS) is 10.1. The van der Waals surface area contributed by atoms with Crippen molar-refractivity contribution in [1.82, 2.24) is 4.90 Å². The maximum atomic E-state index is 5.60. The summed E-state index contributed by atoms with van der Waals surface area (Å²) >= 11 is 0. The predicted octanol–water partition coefficient (Wildman–Crippen LogP) is 5.74. The molecule has 0 atom stereocenters. The molecule has 0 amide bonds. The lowest BCUT2D eigenvalue weighted by Crippen LogP contribution is -2.27. The van der Waals surface area contributed by atoms with E-state index >= 15 is 0 Å². The molecule has 2 rings (SSSR count). The van der Waals surface area contributed by atoms with Crippen molar-refractivity contribution < 1.29 is 4.84 Å². The second-order valence-electron chi connectivity index (χ2n) is 6.17. The summed E-state index contributed by atoms with van der Waals surface area (Å²) in [6, 6.07) is 18.7. The van der Waals surface area contributed by atoms with E-state index in [0.29, 0.717) is 6.61 Å². The van der Waals surface area contributed by atoms with Crippen LogP contribution in [0.1, 0.15) is 37.8 Å². The van der Waals surface area contributed by atoms with Crippen molar-refractivity contribution in [3.8, 4) is 0 Å². The Morgan fingerprint density at radius 1 is 0.808 bits per heavy atom. The standard InChI is InChI=1S/C21H30N2O.2ClH/c1-3-14-23(15-4-2)16-13-19-11-8-12-21(17-19)22-24-18-20-9-6-5-7-10-20;;/h5-12,17,22H,3-4,13-16,18H2,1-2H3;2*1H. The van der Waals surface area contributed by atoms with Crippen LogP contribution < -0.4 is 5.48 Å². The molecule has 0 saturated heterocycles. The third-order valence-electron chi connectivity index (χ3n) is 4.00. The fourth-order valence-corrected chi connectivity index (χ4v) is 2.82. The van der Waals surface area contributed by atoms with Crippen LogP contribution in [0, 0.1) is 0 Å². The molecule has 2 aromatic carbocycles. The summed E-state index contributed by atoms with van der Waals surface area (Å²) in [5.41, 5.74) is 6.58. The first-order chi connectivity index (χ1) is 11.8. The fourth-order valence-electron chi connectivity index (χ4n) is 2.82. The van der Waals surface area contributed by atoms with E-state index in [1.54, 1.807) is 0 Å². The highest BCUT2D eigenvalue weighted by Gasteiger charge is 2.03. The van der Waals surface area contributed by atoms with Crippen molar-refractivity contribution in [3.05, 3.63) is 65.7 Å². The average Bonchev–Trinajstić information content (AvgIpc) is 2.61. The summed E-state index contributed by atoms with van der Waals surface area (Å²) in [5.74, 6) is 0. The molecule has 26 heavy (non-hydrogen) atoms. The molecule has 0 heterocycles. The van der Waals surface area contributed by atoms with Crippen molar-refractivity contribution in [2.75, 3.05) is 25.1 Å². The first-order valence-electron chi connectivity index (χ1n) is 9.04. The zero-order valence-electron chi connectivity index (χ0n) is 15.8. The Kier molecular flexibility index (Phi) is 14.1. The topological polar surface area (TPSA) is 24.5 Å². The molecule has 0 fully saturated rings. The zero-order chi connectivity index (χ0) is 17.0. The SMILES string of the molecule is CCCN(CCC)CCc1cccc(NOCc2ccccc2)c1.Cl.Cl. The van der Waals surface area contributed by atoms with Crippen LogP contribution in [0.2, 0.25) is 0 Å². The molecule has 5 heteroatoms. The van der Waals surface area contributed by atoms with Gasteiger partial charge in [0.05, 0.1) is 12.3 Å². The molecular weight excluding hydrogens is 367 g/mol. The second-order valence-corrected chi connectivity index (χ2v) is 6.17. The number of anilines is 1.